The summed E-state index contributed by atoms with van der Waals surface area (Å²) in [6.45, 7) is 6.36. The molecule has 1 atom stereocenters. The van der Waals surface area contributed by atoms with Gasteiger partial charge in [0.15, 0.2) is 0 Å². The summed E-state index contributed by atoms with van der Waals surface area (Å²) >= 11 is 11.2. The number of hydrogen-bond acceptors (Lipinski definition) is 2. The molecule has 0 aliphatic carbocycles. The molecule has 2 aromatic rings. The Kier molecular flexibility index (Phi) is 4.36. The molecule has 0 aliphatic heterocycles. The molecule has 0 spiro atoms. The van der Waals surface area contributed by atoms with E-state index >= 15 is 0 Å². The molecular weight excluding hydrogens is 330 g/mol. The summed E-state index contributed by atoms with van der Waals surface area (Å²) < 4.78 is 2.02. The highest BCUT2D eigenvalue weighted by atomic mass is 79.9. The maximum atomic E-state index is 5.96. The Morgan fingerprint density at radius 3 is 2.33 bits per heavy atom. The van der Waals surface area contributed by atoms with Gasteiger partial charge in [-0.05, 0) is 56.2 Å². The first-order valence-electron chi connectivity index (χ1n) is 5.76. The van der Waals surface area contributed by atoms with E-state index in [2.05, 4.69) is 60.2 Å². The number of aryl methyl sites for hydroxylation is 2. The minimum absolute atomic E-state index is 0.266. The molecule has 0 aliphatic rings. The Morgan fingerprint density at radius 1 is 1.22 bits per heavy atom. The number of anilines is 1. The zero-order valence-corrected chi connectivity index (χ0v) is 13.7. The van der Waals surface area contributed by atoms with E-state index in [1.54, 1.807) is 11.3 Å². The smallest absolute Gasteiger partial charge is 0.0932 e. The highest BCUT2D eigenvalue weighted by molar-refractivity contribution is 9.10. The summed E-state index contributed by atoms with van der Waals surface area (Å²) in [6.07, 6.45) is 0. The van der Waals surface area contributed by atoms with E-state index in [4.69, 9.17) is 11.6 Å². The van der Waals surface area contributed by atoms with Gasteiger partial charge in [0.2, 0.25) is 0 Å². The lowest BCUT2D eigenvalue weighted by molar-refractivity contribution is 0.907. The number of benzene rings is 1. The fourth-order valence-electron chi connectivity index (χ4n) is 1.91. The van der Waals surface area contributed by atoms with Crippen molar-refractivity contribution in [1.29, 1.82) is 0 Å². The van der Waals surface area contributed by atoms with Gasteiger partial charge >= 0.3 is 0 Å². The van der Waals surface area contributed by atoms with Gasteiger partial charge in [0.25, 0.3) is 0 Å². The molecule has 1 N–H and O–H groups in total. The van der Waals surface area contributed by atoms with E-state index in [1.165, 1.54) is 20.5 Å². The molecule has 0 saturated heterocycles. The predicted molar refractivity (Wildman–Crippen MR) is 85.0 cm³/mol. The van der Waals surface area contributed by atoms with Crippen LogP contribution in [0.25, 0.3) is 0 Å². The molecule has 18 heavy (non-hydrogen) atoms. The van der Waals surface area contributed by atoms with Crippen molar-refractivity contribution in [3.8, 4) is 0 Å². The number of rotatable bonds is 3. The van der Waals surface area contributed by atoms with Gasteiger partial charge in [-0.25, -0.2) is 0 Å². The molecular formula is C14H15BrClNS. The SMILES string of the molecule is Cc1cc(NC(C)c2ccc(Cl)s2)cc(C)c1Br. The van der Waals surface area contributed by atoms with Crippen LogP contribution in [0.5, 0.6) is 0 Å². The minimum atomic E-state index is 0.266. The van der Waals surface area contributed by atoms with Gasteiger partial charge < -0.3 is 5.32 Å². The topological polar surface area (TPSA) is 12.0 Å². The standard InChI is InChI=1S/C14H15BrClNS/c1-8-6-11(7-9(2)14(8)15)17-10(3)12-4-5-13(16)18-12/h4-7,10,17H,1-3H3. The van der Waals surface area contributed by atoms with Crippen LogP contribution in [0.3, 0.4) is 0 Å². The van der Waals surface area contributed by atoms with E-state index in [0.717, 1.165) is 10.0 Å². The monoisotopic (exact) mass is 343 g/mol. The van der Waals surface area contributed by atoms with Crippen molar-refractivity contribution in [2.75, 3.05) is 5.32 Å². The van der Waals surface area contributed by atoms with E-state index in [-0.39, 0.29) is 6.04 Å². The lowest BCUT2D eigenvalue weighted by atomic mass is 10.1. The van der Waals surface area contributed by atoms with Gasteiger partial charge in [0.05, 0.1) is 10.4 Å². The normalized spacial score (nSPS) is 12.5. The Bertz CT molecular complexity index is 542. The maximum absolute atomic E-state index is 5.96. The fourth-order valence-corrected chi connectivity index (χ4v) is 3.20. The molecule has 0 radical (unpaired) electrons. The average molecular weight is 345 g/mol. The second-order valence-electron chi connectivity index (χ2n) is 4.43. The third-order valence-corrected chi connectivity index (χ3v) is 5.51. The van der Waals surface area contributed by atoms with Crippen molar-refractivity contribution in [3.05, 3.63) is 49.1 Å². The summed E-state index contributed by atoms with van der Waals surface area (Å²) in [6, 6.07) is 8.59. The first-order valence-corrected chi connectivity index (χ1v) is 7.74. The van der Waals surface area contributed by atoms with Gasteiger partial charge in [-0.1, -0.05) is 27.5 Å². The first-order chi connectivity index (χ1) is 8.47. The fraction of sp³-hybridized carbons (Fsp3) is 0.286. The zero-order valence-electron chi connectivity index (χ0n) is 10.6. The Balaban J connectivity index is 2.19. The van der Waals surface area contributed by atoms with E-state index < -0.39 is 0 Å². The first kappa shape index (κ1) is 13.9. The Labute approximate surface area is 125 Å². The van der Waals surface area contributed by atoms with Gasteiger partial charge in [0.1, 0.15) is 0 Å². The highest BCUT2D eigenvalue weighted by Gasteiger charge is 2.09. The quantitative estimate of drug-likeness (QED) is 0.725. The molecule has 1 aromatic heterocycles. The van der Waals surface area contributed by atoms with Crippen LogP contribution in [-0.2, 0) is 0 Å². The predicted octanol–water partition coefficient (Wildman–Crippen LogP) is 5.95. The van der Waals surface area contributed by atoms with Crippen molar-refractivity contribution in [1.82, 2.24) is 0 Å². The summed E-state index contributed by atoms with van der Waals surface area (Å²) in [5.41, 5.74) is 3.63. The molecule has 0 bridgehead atoms. The summed E-state index contributed by atoms with van der Waals surface area (Å²) in [4.78, 5) is 1.25. The van der Waals surface area contributed by atoms with Gasteiger partial charge in [-0.3, -0.25) is 0 Å². The van der Waals surface area contributed by atoms with Crippen LogP contribution in [0.4, 0.5) is 5.69 Å². The Hall–Kier alpha value is -0.510. The largest absolute Gasteiger partial charge is 0.378 e. The van der Waals surface area contributed by atoms with Crippen LogP contribution in [0.2, 0.25) is 4.34 Å². The van der Waals surface area contributed by atoms with Crippen LogP contribution < -0.4 is 5.32 Å². The van der Waals surface area contributed by atoms with Crippen molar-refractivity contribution in [2.24, 2.45) is 0 Å². The number of nitrogens with one attached hydrogen (secondary N) is 1. The molecule has 1 aromatic carbocycles. The second kappa shape index (κ2) is 5.64. The van der Waals surface area contributed by atoms with Crippen molar-refractivity contribution < 1.29 is 0 Å². The van der Waals surface area contributed by atoms with Crippen molar-refractivity contribution in [2.45, 2.75) is 26.8 Å². The second-order valence-corrected chi connectivity index (χ2v) is 6.97. The molecule has 4 heteroatoms. The summed E-state index contributed by atoms with van der Waals surface area (Å²) in [5.74, 6) is 0. The number of hydrogen-bond donors (Lipinski definition) is 1. The van der Waals surface area contributed by atoms with E-state index in [1.807, 2.05) is 6.07 Å². The lowest BCUT2D eigenvalue weighted by Crippen LogP contribution is -2.05. The molecule has 96 valence electrons. The molecule has 1 heterocycles. The molecule has 1 unspecified atom stereocenters. The van der Waals surface area contributed by atoms with Crippen LogP contribution in [0.15, 0.2) is 28.7 Å². The summed E-state index contributed by atoms with van der Waals surface area (Å²) in [5, 5.41) is 3.51. The number of halogens is 2. The van der Waals surface area contributed by atoms with E-state index in [0.29, 0.717) is 0 Å². The van der Waals surface area contributed by atoms with Gasteiger partial charge in [-0.2, -0.15) is 0 Å². The maximum Gasteiger partial charge on any atom is 0.0932 e. The highest BCUT2D eigenvalue weighted by Crippen LogP contribution is 2.31. The third-order valence-electron chi connectivity index (χ3n) is 2.84. The lowest BCUT2D eigenvalue weighted by Gasteiger charge is -2.15. The minimum Gasteiger partial charge on any atom is -0.378 e. The van der Waals surface area contributed by atoms with Gasteiger partial charge in [0, 0.05) is 15.0 Å². The van der Waals surface area contributed by atoms with Crippen LogP contribution in [-0.4, -0.2) is 0 Å². The van der Waals surface area contributed by atoms with E-state index in [9.17, 15) is 0 Å². The molecule has 2 rings (SSSR count). The molecule has 0 fully saturated rings. The molecule has 0 saturated carbocycles. The van der Waals surface area contributed by atoms with Crippen molar-refractivity contribution in [3.63, 3.8) is 0 Å². The molecule has 0 amide bonds. The third kappa shape index (κ3) is 3.08. The van der Waals surface area contributed by atoms with Crippen molar-refractivity contribution >= 4 is 44.6 Å². The Morgan fingerprint density at radius 2 is 1.83 bits per heavy atom. The average Bonchev–Trinajstić information content (AvgIpc) is 2.72. The van der Waals surface area contributed by atoms with Crippen LogP contribution >= 0.6 is 38.9 Å². The number of thiophene rings is 1. The molecule has 1 nitrogen and oxygen atoms in total. The zero-order chi connectivity index (χ0) is 13.3. The van der Waals surface area contributed by atoms with Gasteiger partial charge in [-0.15, -0.1) is 11.3 Å². The summed E-state index contributed by atoms with van der Waals surface area (Å²) in [7, 11) is 0. The van der Waals surface area contributed by atoms with Crippen LogP contribution in [0.1, 0.15) is 29.0 Å². The van der Waals surface area contributed by atoms with Crippen LogP contribution in [0, 0.1) is 13.8 Å².